The fourth-order valence-corrected chi connectivity index (χ4v) is 4.69. The highest BCUT2D eigenvalue weighted by Gasteiger charge is 2.05. The van der Waals surface area contributed by atoms with Gasteiger partial charge in [0.25, 0.3) is 0 Å². The summed E-state index contributed by atoms with van der Waals surface area (Å²) in [6.07, 6.45) is 0. The Kier molecular flexibility index (Phi) is 4.83. The Balaban J connectivity index is 1.87. The second-order valence-corrected chi connectivity index (χ2v) is 8.54. The maximum atomic E-state index is 3.51. The quantitative estimate of drug-likeness (QED) is 0.747. The van der Waals surface area contributed by atoms with Gasteiger partial charge < -0.3 is 5.32 Å². The highest BCUT2D eigenvalue weighted by molar-refractivity contribution is 9.13. The molecule has 0 saturated carbocycles. The highest BCUT2D eigenvalue weighted by atomic mass is 79.9. The molecule has 0 saturated heterocycles. The predicted octanol–water partition coefficient (Wildman–Crippen LogP) is 5.24. The normalized spacial score (nSPS) is 11.1. The molecule has 0 atom stereocenters. The van der Waals surface area contributed by atoms with Gasteiger partial charge in [0.1, 0.15) is 0 Å². The van der Waals surface area contributed by atoms with Crippen molar-refractivity contribution in [3.05, 3.63) is 40.6 Å². The monoisotopic (exact) mass is 393 g/mol. The molecule has 0 aromatic carbocycles. The smallest absolute Gasteiger partial charge is 0.0843 e. The van der Waals surface area contributed by atoms with Crippen molar-refractivity contribution in [2.24, 2.45) is 0 Å². The van der Waals surface area contributed by atoms with Crippen molar-refractivity contribution < 1.29 is 0 Å². The molecule has 0 aliphatic carbocycles. The van der Waals surface area contributed by atoms with E-state index in [0.29, 0.717) is 0 Å². The summed E-state index contributed by atoms with van der Waals surface area (Å²) in [4.78, 5) is 4.17. The van der Waals surface area contributed by atoms with Crippen molar-refractivity contribution >= 4 is 54.5 Å². The molecule has 1 nitrogen and oxygen atoms in total. The van der Waals surface area contributed by atoms with Crippen LogP contribution in [0.2, 0.25) is 0 Å². The van der Waals surface area contributed by atoms with Gasteiger partial charge in [0.15, 0.2) is 0 Å². The van der Waals surface area contributed by atoms with E-state index in [0.717, 1.165) is 21.3 Å². The van der Waals surface area contributed by atoms with E-state index in [2.05, 4.69) is 63.2 Å². The molecule has 1 N–H and O–H groups in total. The van der Waals surface area contributed by atoms with Crippen molar-refractivity contribution in [2.75, 3.05) is 0 Å². The van der Waals surface area contributed by atoms with Crippen LogP contribution in [0.25, 0.3) is 0 Å². The molecule has 2 rings (SSSR count). The van der Waals surface area contributed by atoms with Gasteiger partial charge in [-0.2, -0.15) is 0 Å². The maximum absolute atomic E-state index is 3.51. The van der Waals surface area contributed by atoms with Crippen LogP contribution in [0, 0.1) is 13.8 Å². The van der Waals surface area contributed by atoms with Crippen molar-refractivity contribution in [2.45, 2.75) is 26.9 Å². The van der Waals surface area contributed by atoms with Gasteiger partial charge in [0.05, 0.1) is 3.79 Å². The molecule has 5 heteroatoms. The Labute approximate surface area is 127 Å². The summed E-state index contributed by atoms with van der Waals surface area (Å²) in [5, 5.41) is 3.48. The van der Waals surface area contributed by atoms with Crippen LogP contribution in [0.3, 0.4) is 0 Å². The maximum Gasteiger partial charge on any atom is 0.0843 e. The van der Waals surface area contributed by atoms with Crippen molar-refractivity contribution in [1.82, 2.24) is 5.32 Å². The Morgan fingerprint density at radius 2 is 1.71 bits per heavy atom. The van der Waals surface area contributed by atoms with Gasteiger partial charge in [-0.25, -0.2) is 0 Å². The van der Waals surface area contributed by atoms with Crippen molar-refractivity contribution in [1.29, 1.82) is 0 Å². The van der Waals surface area contributed by atoms with Gasteiger partial charge >= 0.3 is 0 Å². The van der Waals surface area contributed by atoms with Crippen LogP contribution >= 0.6 is 54.5 Å². The second-order valence-electron chi connectivity index (χ2n) is 3.89. The van der Waals surface area contributed by atoms with E-state index >= 15 is 0 Å². The fraction of sp³-hybridized carbons (Fsp3) is 0.333. The summed E-state index contributed by atoms with van der Waals surface area (Å²) in [6, 6.07) is 4.43. The van der Waals surface area contributed by atoms with Crippen LogP contribution in [-0.2, 0) is 13.1 Å². The van der Waals surface area contributed by atoms with Crippen LogP contribution in [-0.4, -0.2) is 0 Å². The van der Waals surface area contributed by atoms with E-state index in [-0.39, 0.29) is 0 Å². The van der Waals surface area contributed by atoms with Crippen molar-refractivity contribution in [3.8, 4) is 0 Å². The number of thiophene rings is 2. The number of halogens is 2. The lowest BCUT2D eigenvalue weighted by Gasteiger charge is -1.99. The van der Waals surface area contributed by atoms with Gasteiger partial charge in [0.2, 0.25) is 0 Å². The molecule has 0 spiro atoms. The molecule has 0 fully saturated rings. The van der Waals surface area contributed by atoms with Crippen LogP contribution in [0.4, 0.5) is 0 Å². The fourth-order valence-electron chi connectivity index (χ4n) is 1.52. The molecule has 0 unspecified atom stereocenters. The summed E-state index contributed by atoms with van der Waals surface area (Å²) in [5.41, 5.74) is 1.40. The van der Waals surface area contributed by atoms with Gasteiger partial charge in [-0.3, -0.25) is 0 Å². The van der Waals surface area contributed by atoms with Crippen molar-refractivity contribution in [3.63, 3.8) is 0 Å². The Hall–Kier alpha value is 0.320. The zero-order chi connectivity index (χ0) is 12.4. The highest BCUT2D eigenvalue weighted by Crippen LogP contribution is 2.32. The number of hydrogen-bond acceptors (Lipinski definition) is 3. The summed E-state index contributed by atoms with van der Waals surface area (Å²) in [5.74, 6) is 0. The topological polar surface area (TPSA) is 12.0 Å². The van der Waals surface area contributed by atoms with Crippen LogP contribution in [0.15, 0.2) is 20.4 Å². The van der Waals surface area contributed by atoms with Crippen LogP contribution in [0.1, 0.15) is 20.2 Å². The first-order valence-corrected chi connectivity index (χ1v) is 8.48. The van der Waals surface area contributed by atoms with Gasteiger partial charge in [0, 0.05) is 32.2 Å². The molecule has 2 aromatic heterocycles. The summed E-state index contributed by atoms with van der Waals surface area (Å²) >= 11 is 10.7. The standard InChI is InChI=1S/C12H13Br2NS2/c1-7-3-9(16-8(7)2)5-15-6-10-4-11(13)12(14)17-10/h3-4,15H,5-6H2,1-2H3. The minimum Gasteiger partial charge on any atom is -0.307 e. The third-order valence-corrected chi connectivity index (χ3v) is 6.92. The number of aryl methyl sites for hydroxylation is 2. The van der Waals surface area contributed by atoms with Crippen LogP contribution in [0.5, 0.6) is 0 Å². The number of rotatable bonds is 4. The Morgan fingerprint density at radius 1 is 1.06 bits per heavy atom. The van der Waals surface area contributed by atoms with Gasteiger partial charge in [-0.15, -0.1) is 22.7 Å². The largest absolute Gasteiger partial charge is 0.307 e. The average molecular weight is 395 g/mol. The zero-order valence-corrected chi connectivity index (χ0v) is 14.4. The van der Waals surface area contributed by atoms with E-state index in [1.165, 1.54) is 20.2 Å². The first-order chi connectivity index (χ1) is 8.06. The molecule has 0 aliphatic rings. The lowest BCUT2D eigenvalue weighted by Crippen LogP contribution is -2.10. The zero-order valence-electron chi connectivity index (χ0n) is 9.64. The van der Waals surface area contributed by atoms with E-state index in [9.17, 15) is 0 Å². The molecular formula is C12H13Br2NS2. The molecule has 17 heavy (non-hydrogen) atoms. The van der Waals surface area contributed by atoms with E-state index in [1.807, 2.05) is 11.3 Å². The first kappa shape index (κ1) is 13.7. The van der Waals surface area contributed by atoms with E-state index < -0.39 is 0 Å². The van der Waals surface area contributed by atoms with E-state index in [4.69, 9.17) is 0 Å². The molecule has 2 heterocycles. The molecule has 92 valence electrons. The Bertz CT molecular complexity index is 431. The third kappa shape index (κ3) is 3.64. The molecule has 0 bridgehead atoms. The molecule has 0 amide bonds. The lowest BCUT2D eigenvalue weighted by atomic mass is 10.3. The lowest BCUT2D eigenvalue weighted by molar-refractivity contribution is 0.708. The molecule has 2 aromatic rings. The Morgan fingerprint density at radius 3 is 2.18 bits per heavy atom. The minimum atomic E-state index is 0.921. The van der Waals surface area contributed by atoms with Gasteiger partial charge in [-0.1, -0.05) is 0 Å². The summed E-state index contributed by atoms with van der Waals surface area (Å²) in [6.45, 7) is 6.22. The molecular weight excluding hydrogens is 382 g/mol. The molecule has 0 aliphatic heterocycles. The molecule has 0 radical (unpaired) electrons. The van der Waals surface area contributed by atoms with Gasteiger partial charge in [-0.05, 0) is 63.4 Å². The second kappa shape index (κ2) is 5.97. The number of hydrogen-bond donors (Lipinski definition) is 1. The number of nitrogens with one attached hydrogen (secondary N) is 1. The average Bonchev–Trinajstić information content (AvgIpc) is 2.73. The summed E-state index contributed by atoms with van der Waals surface area (Å²) in [7, 11) is 0. The minimum absolute atomic E-state index is 0.921. The SMILES string of the molecule is Cc1cc(CNCc2cc(Br)c(Br)s2)sc1C. The van der Waals surface area contributed by atoms with E-state index in [1.54, 1.807) is 11.3 Å². The summed E-state index contributed by atoms with van der Waals surface area (Å²) < 4.78 is 2.30. The van der Waals surface area contributed by atoms with Crippen LogP contribution < -0.4 is 5.32 Å². The third-order valence-electron chi connectivity index (χ3n) is 2.51. The first-order valence-electron chi connectivity index (χ1n) is 5.26. The predicted molar refractivity (Wildman–Crippen MR) is 84.1 cm³/mol.